The van der Waals surface area contributed by atoms with Crippen LogP contribution in [0.2, 0.25) is 0 Å². The summed E-state index contributed by atoms with van der Waals surface area (Å²) in [6, 6.07) is 67.3. The van der Waals surface area contributed by atoms with Crippen molar-refractivity contribution in [1.29, 1.82) is 5.26 Å². The third-order valence-corrected chi connectivity index (χ3v) is 14.1. The molecular formula is C43H30N2Si. The van der Waals surface area contributed by atoms with Gasteiger partial charge >= 0.3 is 0 Å². The van der Waals surface area contributed by atoms with E-state index in [1.54, 1.807) is 0 Å². The fraction of sp³-hybridized carbons (Fsp3) is 0. The molecule has 0 saturated carbocycles. The van der Waals surface area contributed by atoms with E-state index in [9.17, 15) is 5.26 Å². The molecule has 0 atom stereocenters. The number of rotatable bonds is 6. The Kier molecular flexibility index (Phi) is 6.91. The molecule has 3 heteroatoms. The normalized spacial score (nSPS) is 11.5. The third-order valence-electron chi connectivity index (χ3n) is 9.20. The number of nitriles is 1. The van der Waals surface area contributed by atoms with Crippen molar-refractivity contribution in [3.8, 4) is 22.9 Å². The SMILES string of the molecule is N#Cc1cccc(-c2ccc(-n3c4ccccc4c4ccccc43)cc2)c1[Si](c1ccccc1)(c1ccccc1)c1ccccc1. The number of aromatic nitrogens is 1. The van der Waals surface area contributed by atoms with Crippen molar-refractivity contribution in [3.05, 3.63) is 188 Å². The maximum Gasteiger partial charge on any atom is 0.181 e. The van der Waals surface area contributed by atoms with Crippen molar-refractivity contribution in [2.75, 3.05) is 0 Å². The van der Waals surface area contributed by atoms with Crippen molar-refractivity contribution in [3.63, 3.8) is 0 Å². The van der Waals surface area contributed by atoms with Crippen LogP contribution in [0.1, 0.15) is 5.56 Å². The van der Waals surface area contributed by atoms with E-state index in [1.807, 2.05) is 12.1 Å². The Morgan fingerprint density at radius 3 is 1.37 bits per heavy atom. The van der Waals surface area contributed by atoms with Crippen LogP contribution in [0.5, 0.6) is 0 Å². The van der Waals surface area contributed by atoms with Gasteiger partial charge < -0.3 is 4.57 Å². The topological polar surface area (TPSA) is 28.7 Å². The first-order valence-corrected chi connectivity index (χ1v) is 17.6. The van der Waals surface area contributed by atoms with Crippen LogP contribution in [-0.2, 0) is 0 Å². The monoisotopic (exact) mass is 602 g/mol. The zero-order valence-corrected chi connectivity index (χ0v) is 26.2. The Labute approximate surface area is 270 Å². The molecule has 46 heavy (non-hydrogen) atoms. The standard InChI is InChI=1S/C43H30N2Si/c44-31-33-15-14-24-38(32-27-29-34(30-28-32)45-41-25-12-10-22-39(41)40-23-11-13-26-42(40)45)43(33)46(35-16-4-1-5-17-35,36-18-6-2-7-19-36)37-20-8-3-9-21-37/h1-30H. The third kappa shape index (κ3) is 4.31. The van der Waals surface area contributed by atoms with Crippen LogP contribution < -0.4 is 20.7 Å². The maximum absolute atomic E-state index is 10.7. The van der Waals surface area contributed by atoms with Gasteiger partial charge in [-0.15, -0.1) is 0 Å². The minimum atomic E-state index is -2.96. The lowest BCUT2D eigenvalue weighted by molar-refractivity contribution is 1.18. The van der Waals surface area contributed by atoms with Gasteiger partial charge in [-0.25, -0.2) is 0 Å². The molecule has 8 aromatic rings. The van der Waals surface area contributed by atoms with Crippen LogP contribution in [0.3, 0.4) is 0 Å². The summed E-state index contributed by atoms with van der Waals surface area (Å²) in [5.74, 6) is 0. The van der Waals surface area contributed by atoms with Gasteiger partial charge in [0.05, 0.1) is 22.7 Å². The van der Waals surface area contributed by atoms with Crippen LogP contribution in [0, 0.1) is 11.3 Å². The molecule has 0 radical (unpaired) electrons. The summed E-state index contributed by atoms with van der Waals surface area (Å²) < 4.78 is 2.35. The van der Waals surface area contributed by atoms with Crippen LogP contribution >= 0.6 is 0 Å². The summed E-state index contributed by atoms with van der Waals surface area (Å²) in [6.07, 6.45) is 0. The molecular weight excluding hydrogens is 573 g/mol. The molecule has 1 aromatic heterocycles. The molecule has 0 aliphatic heterocycles. The Morgan fingerprint density at radius 1 is 0.435 bits per heavy atom. The lowest BCUT2D eigenvalue weighted by Gasteiger charge is -2.36. The highest BCUT2D eigenvalue weighted by atomic mass is 28.3. The molecule has 0 N–H and O–H groups in total. The van der Waals surface area contributed by atoms with Crippen molar-refractivity contribution in [2.24, 2.45) is 0 Å². The van der Waals surface area contributed by atoms with Gasteiger partial charge in [0, 0.05) is 16.5 Å². The molecule has 0 aliphatic rings. The lowest BCUT2D eigenvalue weighted by Crippen LogP contribution is -2.75. The molecule has 0 bridgehead atoms. The highest BCUT2D eigenvalue weighted by molar-refractivity contribution is 7.20. The minimum Gasteiger partial charge on any atom is -0.309 e. The highest BCUT2D eigenvalue weighted by Crippen LogP contribution is 2.33. The van der Waals surface area contributed by atoms with Gasteiger partial charge in [0.15, 0.2) is 8.07 Å². The smallest absolute Gasteiger partial charge is 0.181 e. The van der Waals surface area contributed by atoms with Crippen LogP contribution in [-0.4, -0.2) is 12.6 Å². The first kappa shape index (κ1) is 27.6. The van der Waals surface area contributed by atoms with E-state index in [4.69, 9.17) is 0 Å². The average Bonchev–Trinajstić information content (AvgIpc) is 3.48. The molecule has 0 saturated heterocycles. The van der Waals surface area contributed by atoms with Crippen molar-refractivity contribution in [1.82, 2.24) is 4.57 Å². The second-order valence-electron chi connectivity index (χ2n) is 11.6. The first-order chi connectivity index (χ1) is 22.8. The Hall–Kier alpha value is -5.95. The van der Waals surface area contributed by atoms with E-state index in [0.29, 0.717) is 5.56 Å². The number of hydrogen-bond acceptors (Lipinski definition) is 1. The van der Waals surface area contributed by atoms with Crippen LogP contribution in [0.4, 0.5) is 0 Å². The quantitative estimate of drug-likeness (QED) is 0.142. The first-order valence-electron chi connectivity index (χ1n) is 15.6. The van der Waals surface area contributed by atoms with Gasteiger partial charge in [0.2, 0.25) is 0 Å². The van der Waals surface area contributed by atoms with E-state index in [2.05, 4.69) is 180 Å². The molecule has 0 fully saturated rings. The number of para-hydroxylation sites is 2. The lowest BCUT2D eigenvalue weighted by atomic mass is 10.0. The zero-order chi connectivity index (χ0) is 30.9. The second kappa shape index (κ2) is 11.5. The summed E-state index contributed by atoms with van der Waals surface area (Å²) in [5, 5.41) is 18.1. The van der Waals surface area contributed by atoms with E-state index >= 15 is 0 Å². The fourth-order valence-electron chi connectivity index (χ4n) is 7.28. The maximum atomic E-state index is 10.7. The largest absolute Gasteiger partial charge is 0.309 e. The van der Waals surface area contributed by atoms with Gasteiger partial charge in [-0.2, -0.15) is 5.26 Å². The van der Waals surface area contributed by atoms with Crippen molar-refractivity contribution < 1.29 is 0 Å². The molecule has 1 heterocycles. The summed E-state index contributed by atoms with van der Waals surface area (Å²) in [7, 11) is -2.96. The molecule has 2 nitrogen and oxygen atoms in total. The Balaban J connectivity index is 1.40. The van der Waals surface area contributed by atoms with E-state index in [-0.39, 0.29) is 0 Å². The van der Waals surface area contributed by atoms with Gasteiger partial charge in [-0.05, 0) is 62.2 Å². The Bertz CT molecular complexity index is 2200. The number of benzene rings is 7. The molecule has 0 amide bonds. The molecule has 0 unspecified atom stereocenters. The van der Waals surface area contributed by atoms with E-state index in [1.165, 1.54) is 37.4 Å². The number of fused-ring (bicyclic) bond motifs is 3. The summed E-state index contributed by atoms with van der Waals surface area (Å²) in [4.78, 5) is 0. The summed E-state index contributed by atoms with van der Waals surface area (Å²) in [6.45, 7) is 0. The van der Waals surface area contributed by atoms with Gasteiger partial charge in [0.1, 0.15) is 0 Å². The van der Waals surface area contributed by atoms with Gasteiger partial charge in [-0.3, -0.25) is 0 Å². The Morgan fingerprint density at radius 2 is 0.891 bits per heavy atom. The predicted octanol–water partition coefficient (Wildman–Crippen LogP) is 7.70. The van der Waals surface area contributed by atoms with Crippen molar-refractivity contribution in [2.45, 2.75) is 0 Å². The number of nitrogens with zero attached hydrogens (tertiary/aromatic N) is 2. The van der Waals surface area contributed by atoms with E-state index < -0.39 is 8.07 Å². The second-order valence-corrected chi connectivity index (χ2v) is 15.3. The average molecular weight is 603 g/mol. The number of hydrogen-bond donors (Lipinski definition) is 0. The zero-order valence-electron chi connectivity index (χ0n) is 25.2. The molecule has 0 aliphatic carbocycles. The molecule has 7 aromatic carbocycles. The molecule has 8 rings (SSSR count). The van der Waals surface area contributed by atoms with E-state index in [0.717, 1.165) is 22.0 Å². The fourth-order valence-corrected chi connectivity index (χ4v) is 12.4. The van der Waals surface area contributed by atoms with Crippen LogP contribution in [0.15, 0.2) is 182 Å². The van der Waals surface area contributed by atoms with Crippen molar-refractivity contribution >= 4 is 50.6 Å². The molecule has 216 valence electrons. The predicted molar refractivity (Wildman–Crippen MR) is 195 cm³/mol. The van der Waals surface area contributed by atoms with Gasteiger partial charge in [-0.1, -0.05) is 152 Å². The minimum absolute atomic E-state index is 0.715. The van der Waals surface area contributed by atoms with Crippen LogP contribution in [0.25, 0.3) is 38.6 Å². The summed E-state index contributed by atoms with van der Waals surface area (Å²) in [5.41, 5.74) is 6.39. The summed E-state index contributed by atoms with van der Waals surface area (Å²) >= 11 is 0. The highest BCUT2D eigenvalue weighted by Gasteiger charge is 2.44. The van der Waals surface area contributed by atoms with Gasteiger partial charge in [0.25, 0.3) is 0 Å². The molecule has 0 spiro atoms.